The summed E-state index contributed by atoms with van der Waals surface area (Å²) in [6.07, 6.45) is 10.5. The van der Waals surface area contributed by atoms with Gasteiger partial charge in [-0.15, -0.1) is 0 Å². The van der Waals surface area contributed by atoms with Gasteiger partial charge >= 0.3 is 0 Å². The molecule has 1 aliphatic carbocycles. The molecule has 4 heteroatoms. The Kier molecular flexibility index (Phi) is 4.26. The summed E-state index contributed by atoms with van der Waals surface area (Å²) >= 11 is 0. The van der Waals surface area contributed by atoms with Crippen LogP contribution in [0.1, 0.15) is 49.3 Å². The van der Waals surface area contributed by atoms with E-state index in [2.05, 4.69) is 47.5 Å². The molecule has 25 heavy (non-hydrogen) atoms. The van der Waals surface area contributed by atoms with Gasteiger partial charge in [-0.05, 0) is 48.6 Å². The molecule has 0 radical (unpaired) electrons. The van der Waals surface area contributed by atoms with E-state index in [1.54, 1.807) is 6.20 Å². The number of rotatable bonds is 4. The van der Waals surface area contributed by atoms with Gasteiger partial charge in [-0.3, -0.25) is 9.67 Å². The van der Waals surface area contributed by atoms with Gasteiger partial charge in [0, 0.05) is 30.5 Å². The monoisotopic (exact) mass is 332 g/mol. The van der Waals surface area contributed by atoms with Gasteiger partial charge in [-0.2, -0.15) is 5.10 Å². The van der Waals surface area contributed by atoms with Crippen LogP contribution in [0.3, 0.4) is 0 Å². The lowest BCUT2D eigenvalue weighted by atomic mass is 9.84. The number of hydrogen-bond donors (Lipinski definition) is 1. The first-order chi connectivity index (χ1) is 12.2. The number of nitrogens with zero attached hydrogens (tertiary/aromatic N) is 3. The highest BCUT2D eigenvalue weighted by Gasteiger charge is 2.16. The van der Waals surface area contributed by atoms with Crippen molar-refractivity contribution in [3.63, 3.8) is 0 Å². The molecule has 3 aromatic rings. The number of nitrogens with one attached hydrogen (secondary N) is 1. The topological polar surface area (TPSA) is 42.7 Å². The second kappa shape index (κ2) is 6.71. The first kappa shape index (κ1) is 15.9. The predicted octanol–water partition coefficient (Wildman–Crippen LogP) is 5.10. The molecule has 0 aliphatic heterocycles. The van der Waals surface area contributed by atoms with Crippen LogP contribution in [-0.2, 0) is 7.05 Å². The van der Waals surface area contributed by atoms with Crippen LogP contribution in [0.4, 0.5) is 5.69 Å². The molecule has 128 valence electrons. The Morgan fingerprint density at radius 2 is 2.00 bits per heavy atom. The maximum absolute atomic E-state index is 4.72. The van der Waals surface area contributed by atoms with E-state index >= 15 is 0 Å². The highest BCUT2D eigenvalue weighted by molar-refractivity contribution is 5.85. The number of anilines is 1. The summed E-state index contributed by atoms with van der Waals surface area (Å²) in [6.45, 7) is 4.12. The first-order valence-electron chi connectivity index (χ1n) is 9.05. The van der Waals surface area contributed by atoms with E-state index in [9.17, 15) is 0 Å². The Bertz CT molecular complexity index is 903. The average molecular weight is 332 g/mol. The maximum Gasteiger partial charge on any atom is 0.0835 e. The van der Waals surface area contributed by atoms with Crippen molar-refractivity contribution in [1.82, 2.24) is 14.8 Å². The fourth-order valence-corrected chi connectivity index (χ4v) is 3.78. The number of benzene rings is 1. The molecule has 0 spiro atoms. The van der Waals surface area contributed by atoms with Crippen LogP contribution in [0, 0.1) is 0 Å². The summed E-state index contributed by atoms with van der Waals surface area (Å²) in [7, 11) is 1.91. The van der Waals surface area contributed by atoms with Gasteiger partial charge in [0.25, 0.3) is 0 Å². The van der Waals surface area contributed by atoms with Crippen LogP contribution >= 0.6 is 0 Å². The van der Waals surface area contributed by atoms with Crippen LogP contribution in [0.2, 0.25) is 0 Å². The van der Waals surface area contributed by atoms with Crippen molar-refractivity contribution >= 4 is 22.3 Å². The summed E-state index contributed by atoms with van der Waals surface area (Å²) in [5, 5.41) is 8.75. The second-order valence-corrected chi connectivity index (χ2v) is 6.95. The molecule has 1 aromatic carbocycles. The van der Waals surface area contributed by atoms with Gasteiger partial charge in [0.1, 0.15) is 0 Å². The largest absolute Gasteiger partial charge is 0.354 e. The van der Waals surface area contributed by atoms with E-state index in [1.807, 2.05) is 17.8 Å². The van der Waals surface area contributed by atoms with Gasteiger partial charge in [0.05, 0.1) is 16.9 Å². The smallest absolute Gasteiger partial charge is 0.0835 e. The number of aromatic nitrogens is 3. The molecule has 2 heterocycles. The van der Waals surface area contributed by atoms with Crippen molar-refractivity contribution < 1.29 is 0 Å². The van der Waals surface area contributed by atoms with Crippen molar-refractivity contribution in [2.24, 2.45) is 7.05 Å². The third kappa shape index (κ3) is 3.29. The van der Waals surface area contributed by atoms with Crippen molar-refractivity contribution in [1.29, 1.82) is 0 Å². The minimum Gasteiger partial charge on any atom is -0.354 e. The van der Waals surface area contributed by atoms with Gasteiger partial charge < -0.3 is 5.32 Å². The molecule has 4 rings (SSSR count). The van der Waals surface area contributed by atoms with E-state index < -0.39 is 0 Å². The van der Waals surface area contributed by atoms with Crippen LogP contribution in [0.5, 0.6) is 0 Å². The van der Waals surface area contributed by atoms with Crippen LogP contribution in [0.25, 0.3) is 16.6 Å². The van der Waals surface area contributed by atoms with E-state index in [0.29, 0.717) is 5.92 Å². The summed E-state index contributed by atoms with van der Waals surface area (Å²) in [6, 6.07) is 10.6. The molecule has 2 aromatic heterocycles. The third-order valence-corrected chi connectivity index (χ3v) is 5.21. The number of hydrogen-bond acceptors (Lipinski definition) is 3. The Hall–Kier alpha value is -2.62. The van der Waals surface area contributed by atoms with Crippen LogP contribution in [-0.4, -0.2) is 14.8 Å². The zero-order valence-electron chi connectivity index (χ0n) is 14.7. The molecule has 0 atom stereocenters. The molecule has 1 saturated carbocycles. The molecule has 1 fully saturated rings. The fraction of sp³-hybridized carbons (Fsp3) is 0.333. The Labute approximate surface area is 148 Å². The highest BCUT2D eigenvalue weighted by Crippen LogP contribution is 2.33. The molecule has 4 nitrogen and oxygen atoms in total. The van der Waals surface area contributed by atoms with Crippen LogP contribution < -0.4 is 5.32 Å². The van der Waals surface area contributed by atoms with E-state index in [4.69, 9.17) is 4.98 Å². The van der Waals surface area contributed by atoms with Gasteiger partial charge in [0.2, 0.25) is 0 Å². The zero-order valence-corrected chi connectivity index (χ0v) is 14.7. The van der Waals surface area contributed by atoms with Crippen molar-refractivity contribution in [3.8, 4) is 0 Å². The van der Waals surface area contributed by atoms with E-state index in [0.717, 1.165) is 22.6 Å². The summed E-state index contributed by atoms with van der Waals surface area (Å²) in [4.78, 5) is 4.72. The van der Waals surface area contributed by atoms with Gasteiger partial charge in [0.15, 0.2) is 0 Å². The lowest BCUT2D eigenvalue weighted by molar-refractivity contribution is 0.443. The average Bonchev–Trinajstić information content (AvgIpc) is 3.08. The van der Waals surface area contributed by atoms with Crippen molar-refractivity contribution in [2.45, 2.75) is 38.0 Å². The Morgan fingerprint density at radius 1 is 1.16 bits per heavy atom. The maximum atomic E-state index is 4.72. The Balaban J connectivity index is 1.56. The molecule has 0 saturated heterocycles. The predicted molar refractivity (Wildman–Crippen MR) is 103 cm³/mol. The number of fused-ring (bicyclic) bond motifs is 1. The third-order valence-electron chi connectivity index (χ3n) is 5.21. The van der Waals surface area contributed by atoms with E-state index in [-0.39, 0.29) is 0 Å². The summed E-state index contributed by atoms with van der Waals surface area (Å²) < 4.78 is 1.81. The standard InChI is InChI=1S/C21H24N4/c1-15(21-10-11-23-25(21)2)24-19-9-8-17-12-18(14-22-20(17)13-19)16-6-4-3-5-7-16/h8-14,16,24H,1,3-7H2,2H3. The molecular weight excluding hydrogens is 308 g/mol. The SMILES string of the molecule is C=C(Nc1ccc2cc(C3CCCCC3)cnc2c1)c1ccnn1C. The minimum absolute atomic E-state index is 0.688. The molecule has 1 aliphatic rings. The van der Waals surface area contributed by atoms with E-state index in [1.165, 1.54) is 43.1 Å². The lowest BCUT2D eigenvalue weighted by Gasteiger charge is -2.21. The highest BCUT2D eigenvalue weighted by atomic mass is 15.3. The molecular formula is C21H24N4. The zero-order chi connectivity index (χ0) is 17.2. The van der Waals surface area contributed by atoms with Crippen LogP contribution in [0.15, 0.2) is 49.3 Å². The molecule has 0 amide bonds. The van der Waals surface area contributed by atoms with Gasteiger partial charge in [-0.1, -0.05) is 31.9 Å². The lowest BCUT2D eigenvalue weighted by Crippen LogP contribution is -2.05. The summed E-state index contributed by atoms with van der Waals surface area (Å²) in [5.74, 6) is 0.688. The number of aryl methyl sites for hydroxylation is 1. The number of pyridine rings is 1. The van der Waals surface area contributed by atoms with Gasteiger partial charge in [-0.25, -0.2) is 0 Å². The molecule has 1 N–H and O–H groups in total. The quantitative estimate of drug-likeness (QED) is 0.723. The normalized spacial score (nSPS) is 15.4. The first-order valence-corrected chi connectivity index (χ1v) is 9.05. The second-order valence-electron chi connectivity index (χ2n) is 6.95. The molecule has 0 bridgehead atoms. The minimum atomic E-state index is 0.688. The Morgan fingerprint density at radius 3 is 2.76 bits per heavy atom. The molecule has 0 unspecified atom stereocenters. The van der Waals surface area contributed by atoms with Crippen molar-refractivity contribution in [2.75, 3.05) is 5.32 Å². The fourth-order valence-electron chi connectivity index (χ4n) is 3.78. The van der Waals surface area contributed by atoms with Crippen molar-refractivity contribution in [3.05, 3.63) is 60.6 Å². The summed E-state index contributed by atoms with van der Waals surface area (Å²) in [5.41, 5.74) is 5.21.